The predicted molar refractivity (Wildman–Crippen MR) is 74.8 cm³/mol. The molecule has 0 bridgehead atoms. The van der Waals surface area contributed by atoms with Crippen molar-refractivity contribution >= 4 is 46.8 Å². The number of carbonyl (C=O) groups excluding carboxylic acids is 1. The molecule has 2 N–H and O–H groups in total. The molecule has 0 aliphatic heterocycles. The number of rotatable bonds is 5. The van der Waals surface area contributed by atoms with E-state index < -0.39 is 16.5 Å². The lowest BCUT2D eigenvalue weighted by molar-refractivity contribution is -0.119. The molecule has 1 amide bonds. The molecule has 0 fully saturated rings. The number of hydrogen-bond donors (Lipinski definition) is 2. The van der Waals surface area contributed by atoms with Gasteiger partial charge in [0.25, 0.3) is 0 Å². The van der Waals surface area contributed by atoms with Crippen LogP contribution in [-0.2, 0) is 4.79 Å². The number of alkyl halides is 3. The Kier molecular flexibility index (Phi) is 5.96. The van der Waals surface area contributed by atoms with Crippen LogP contribution >= 0.6 is 34.8 Å². The van der Waals surface area contributed by atoms with Crippen LogP contribution in [0, 0.1) is 0 Å². The van der Waals surface area contributed by atoms with E-state index in [-0.39, 0.29) is 5.88 Å². The summed E-state index contributed by atoms with van der Waals surface area (Å²) in [7, 11) is 0. The zero-order valence-electron chi connectivity index (χ0n) is 9.32. The van der Waals surface area contributed by atoms with Crippen molar-refractivity contribution in [2.24, 2.45) is 0 Å². The molecular formula is C12H12Cl3NO2. The highest BCUT2D eigenvalue weighted by Gasteiger charge is 2.33. The van der Waals surface area contributed by atoms with Crippen LogP contribution in [0.3, 0.4) is 0 Å². The normalized spacial score (nSPS) is 13.6. The molecule has 3 nitrogen and oxygen atoms in total. The fraction of sp³-hybridized carbons (Fsp3) is 0.250. The quantitative estimate of drug-likeness (QED) is 0.499. The number of amides is 1. The van der Waals surface area contributed by atoms with Gasteiger partial charge in [-0.25, -0.2) is 0 Å². The molecule has 98 valence electrons. The van der Waals surface area contributed by atoms with E-state index in [1.165, 1.54) is 6.08 Å². The maximum atomic E-state index is 11.5. The average Bonchev–Trinajstić information content (AvgIpc) is 2.37. The minimum atomic E-state index is -1.61. The van der Waals surface area contributed by atoms with Crippen molar-refractivity contribution in [2.75, 3.05) is 5.88 Å². The van der Waals surface area contributed by atoms with Crippen LogP contribution < -0.4 is 5.32 Å². The van der Waals surface area contributed by atoms with Gasteiger partial charge >= 0.3 is 0 Å². The van der Waals surface area contributed by atoms with Gasteiger partial charge in [0.2, 0.25) is 5.91 Å². The van der Waals surface area contributed by atoms with E-state index in [0.717, 1.165) is 5.56 Å². The molecule has 0 aliphatic carbocycles. The molecule has 0 radical (unpaired) electrons. The Hall–Kier alpha value is -0.740. The number of aliphatic hydroxyl groups excluding tert-OH is 1. The van der Waals surface area contributed by atoms with Gasteiger partial charge in [0.05, 0.1) is 5.88 Å². The minimum Gasteiger partial charge on any atom is -0.370 e. The predicted octanol–water partition coefficient (Wildman–Crippen LogP) is 2.55. The second-order valence-corrected chi connectivity index (χ2v) is 5.36. The van der Waals surface area contributed by atoms with Crippen molar-refractivity contribution in [3.63, 3.8) is 0 Å². The third-order valence-electron chi connectivity index (χ3n) is 2.08. The van der Waals surface area contributed by atoms with Gasteiger partial charge in [-0.15, -0.1) is 11.6 Å². The highest BCUT2D eigenvalue weighted by molar-refractivity contribution is 6.52. The fourth-order valence-electron chi connectivity index (χ4n) is 1.10. The summed E-state index contributed by atoms with van der Waals surface area (Å²) >= 11 is 16.8. The van der Waals surface area contributed by atoms with Gasteiger partial charge < -0.3 is 10.4 Å². The Balaban J connectivity index is 2.55. The Morgan fingerprint density at radius 2 is 2.00 bits per heavy atom. The van der Waals surface area contributed by atoms with E-state index in [2.05, 4.69) is 5.32 Å². The van der Waals surface area contributed by atoms with Gasteiger partial charge in [-0.1, -0.05) is 53.5 Å². The second kappa shape index (κ2) is 7.00. The molecule has 0 spiro atoms. The Bertz CT molecular complexity index is 421. The van der Waals surface area contributed by atoms with Crippen molar-refractivity contribution in [3.05, 3.63) is 42.0 Å². The standard InChI is InChI=1S/C12H12Cl3NO2/c13-8-12(14,15)11(18)16-10(17)7-6-9-4-2-1-3-5-9/h1-7,11,18H,8H2,(H,16,17)/b7-6+. The zero-order valence-corrected chi connectivity index (χ0v) is 11.6. The molecule has 1 aromatic rings. The topological polar surface area (TPSA) is 49.3 Å². The van der Waals surface area contributed by atoms with E-state index in [0.29, 0.717) is 0 Å². The largest absolute Gasteiger partial charge is 0.370 e. The number of halogens is 3. The Labute approximate surface area is 120 Å². The van der Waals surface area contributed by atoms with Crippen LogP contribution in [0.25, 0.3) is 6.08 Å². The zero-order chi connectivity index (χ0) is 13.6. The van der Waals surface area contributed by atoms with Crippen LogP contribution in [0.5, 0.6) is 0 Å². The molecule has 1 rings (SSSR count). The van der Waals surface area contributed by atoms with E-state index in [9.17, 15) is 9.90 Å². The molecule has 18 heavy (non-hydrogen) atoms. The first-order valence-electron chi connectivity index (χ1n) is 5.11. The molecule has 0 saturated heterocycles. The van der Waals surface area contributed by atoms with Crippen molar-refractivity contribution in [3.8, 4) is 0 Å². The Morgan fingerprint density at radius 3 is 2.56 bits per heavy atom. The van der Waals surface area contributed by atoms with Gasteiger partial charge in [0, 0.05) is 6.08 Å². The summed E-state index contributed by atoms with van der Waals surface area (Å²) in [5.74, 6) is -0.720. The van der Waals surface area contributed by atoms with E-state index in [1.807, 2.05) is 30.3 Å². The molecule has 1 atom stereocenters. The highest BCUT2D eigenvalue weighted by atomic mass is 35.5. The smallest absolute Gasteiger partial charge is 0.246 e. The van der Waals surface area contributed by atoms with Crippen molar-refractivity contribution in [1.29, 1.82) is 0 Å². The minimum absolute atomic E-state index is 0.208. The molecule has 0 aromatic heterocycles. The molecule has 6 heteroatoms. The lowest BCUT2D eigenvalue weighted by Gasteiger charge is -2.23. The Morgan fingerprint density at radius 1 is 1.39 bits per heavy atom. The van der Waals surface area contributed by atoms with Gasteiger partial charge in [0.1, 0.15) is 0 Å². The first kappa shape index (κ1) is 15.3. The number of aliphatic hydroxyl groups is 1. The van der Waals surface area contributed by atoms with E-state index >= 15 is 0 Å². The van der Waals surface area contributed by atoms with Gasteiger partial charge in [-0.2, -0.15) is 0 Å². The van der Waals surface area contributed by atoms with Crippen molar-refractivity contribution in [1.82, 2.24) is 5.32 Å². The third-order valence-corrected chi connectivity index (χ3v) is 3.46. The van der Waals surface area contributed by atoms with E-state index in [1.54, 1.807) is 6.08 Å². The number of nitrogens with one attached hydrogen (secondary N) is 1. The van der Waals surface area contributed by atoms with Crippen LogP contribution in [0.2, 0.25) is 0 Å². The fourth-order valence-corrected chi connectivity index (χ4v) is 1.35. The van der Waals surface area contributed by atoms with Crippen LogP contribution in [-0.4, -0.2) is 27.5 Å². The molecule has 0 aliphatic rings. The molecule has 0 saturated carbocycles. The monoisotopic (exact) mass is 307 g/mol. The maximum Gasteiger partial charge on any atom is 0.246 e. The number of hydrogen-bond acceptors (Lipinski definition) is 2. The van der Waals surface area contributed by atoms with Crippen LogP contribution in [0.4, 0.5) is 0 Å². The third kappa shape index (κ3) is 4.86. The molecule has 1 unspecified atom stereocenters. The summed E-state index contributed by atoms with van der Waals surface area (Å²) in [4.78, 5) is 11.5. The first-order chi connectivity index (χ1) is 8.45. The average molecular weight is 309 g/mol. The number of carbonyl (C=O) groups is 1. The summed E-state index contributed by atoms with van der Waals surface area (Å²) in [6, 6.07) is 9.25. The lowest BCUT2D eigenvalue weighted by atomic mass is 10.2. The van der Waals surface area contributed by atoms with Crippen molar-refractivity contribution < 1.29 is 9.90 Å². The van der Waals surface area contributed by atoms with Crippen molar-refractivity contribution in [2.45, 2.75) is 10.6 Å². The lowest BCUT2D eigenvalue weighted by Crippen LogP contribution is -2.46. The second-order valence-electron chi connectivity index (χ2n) is 3.55. The molecule has 1 aromatic carbocycles. The summed E-state index contributed by atoms with van der Waals surface area (Å²) < 4.78 is -1.61. The summed E-state index contributed by atoms with van der Waals surface area (Å²) in [5.41, 5.74) is 0.863. The van der Waals surface area contributed by atoms with Gasteiger partial charge in [0.15, 0.2) is 10.6 Å². The summed E-state index contributed by atoms with van der Waals surface area (Å²) in [5, 5.41) is 11.8. The van der Waals surface area contributed by atoms with Crippen LogP contribution in [0.1, 0.15) is 5.56 Å². The van der Waals surface area contributed by atoms with E-state index in [4.69, 9.17) is 34.8 Å². The first-order valence-corrected chi connectivity index (χ1v) is 6.40. The summed E-state index contributed by atoms with van der Waals surface area (Å²) in [6.07, 6.45) is 1.44. The number of benzene rings is 1. The molecule has 0 heterocycles. The summed E-state index contributed by atoms with van der Waals surface area (Å²) in [6.45, 7) is 0. The van der Waals surface area contributed by atoms with Gasteiger partial charge in [-0.3, -0.25) is 4.79 Å². The van der Waals surface area contributed by atoms with Gasteiger partial charge in [-0.05, 0) is 11.6 Å². The highest BCUT2D eigenvalue weighted by Crippen LogP contribution is 2.25. The maximum absolute atomic E-state index is 11.5. The van der Waals surface area contributed by atoms with Crippen LogP contribution in [0.15, 0.2) is 36.4 Å². The molecular weight excluding hydrogens is 296 g/mol. The SMILES string of the molecule is O=C(/C=C/c1ccccc1)NC(O)C(Cl)(Cl)CCl.